The van der Waals surface area contributed by atoms with Crippen LogP contribution in [0.25, 0.3) is 0 Å². The Labute approximate surface area is 184 Å². The predicted molar refractivity (Wildman–Crippen MR) is 128 cm³/mol. The van der Waals surface area contributed by atoms with Crippen molar-refractivity contribution in [3.63, 3.8) is 0 Å². The fourth-order valence-electron chi connectivity index (χ4n) is 4.48. The topological polar surface area (TPSA) is 9.23 Å². The second kappa shape index (κ2) is 12.5. The number of hydrogen-bond acceptors (Lipinski definition) is 1. The van der Waals surface area contributed by atoms with Gasteiger partial charge in [-0.25, -0.2) is 0 Å². The molecule has 0 aliphatic heterocycles. The molecule has 0 heterocycles. The van der Waals surface area contributed by atoms with Crippen LogP contribution in [0.5, 0.6) is 5.75 Å². The van der Waals surface area contributed by atoms with E-state index in [9.17, 15) is 0 Å². The van der Waals surface area contributed by atoms with E-state index in [1.54, 1.807) is 0 Å². The second-order valence-electron chi connectivity index (χ2n) is 8.81. The van der Waals surface area contributed by atoms with Crippen molar-refractivity contribution in [2.24, 2.45) is 5.92 Å². The van der Waals surface area contributed by atoms with Crippen LogP contribution in [0.2, 0.25) is 0 Å². The highest BCUT2D eigenvalue weighted by molar-refractivity contribution is 5.45. The molecule has 2 aromatic rings. The van der Waals surface area contributed by atoms with Gasteiger partial charge in [0.15, 0.2) is 0 Å². The van der Waals surface area contributed by atoms with Gasteiger partial charge < -0.3 is 4.74 Å². The van der Waals surface area contributed by atoms with Gasteiger partial charge in [-0.1, -0.05) is 69.9 Å². The molecule has 1 heteroatoms. The quantitative estimate of drug-likeness (QED) is 0.304. The van der Waals surface area contributed by atoms with Crippen LogP contribution in [-0.2, 0) is 0 Å². The van der Waals surface area contributed by atoms with Crippen LogP contribution in [0.15, 0.2) is 48.5 Å². The average Bonchev–Trinajstić information content (AvgIpc) is 2.81. The highest BCUT2D eigenvalue weighted by atomic mass is 16.5. The molecule has 2 aromatic carbocycles. The minimum Gasteiger partial charge on any atom is -0.494 e. The molecule has 0 atom stereocenters. The third kappa shape index (κ3) is 7.24. The Balaban J connectivity index is 1.47. The van der Waals surface area contributed by atoms with Crippen molar-refractivity contribution in [1.29, 1.82) is 0 Å². The van der Waals surface area contributed by atoms with Crippen LogP contribution in [0.4, 0.5) is 0 Å². The molecular formula is C29H38O. The molecule has 1 nitrogen and oxygen atoms in total. The molecular weight excluding hydrogens is 364 g/mol. The number of unbranched alkanes of at least 4 members (excludes halogenated alkanes) is 3. The lowest BCUT2D eigenvalue weighted by molar-refractivity contribution is 0.302. The van der Waals surface area contributed by atoms with Crippen LogP contribution in [0.1, 0.15) is 101 Å². The second-order valence-corrected chi connectivity index (χ2v) is 8.81. The molecule has 3 rings (SSSR count). The summed E-state index contributed by atoms with van der Waals surface area (Å²) in [5, 5.41) is 0. The van der Waals surface area contributed by atoms with Crippen LogP contribution in [0.3, 0.4) is 0 Å². The summed E-state index contributed by atoms with van der Waals surface area (Å²) >= 11 is 0. The summed E-state index contributed by atoms with van der Waals surface area (Å²) in [6.45, 7) is 5.17. The third-order valence-electron chi connectivity index (χ3n) is 6.37. The standard InChI is InChI=1S/C29H38O/c1-3-5-6-7-8-24-11-17-27(18-12-24)28-19-13-25(14-20-28)9-10-26-15-21-29(22-16-26)30-23-4-2/h13-16,19-22,24,27H,3-8,11-12,17-18,23H2,1-2H3. The molecule has 0 radical (unpaired) electrons. The van der Waals surface area contributed by atoms with Gasteiger partial charge in [-0.2, -0.15) is 0 Å². The van der Waals surface area contributed by atoms with Crippen molar-refractivity contribution in [2.45, 2.75) is 84.0 Å². The Morgan fingerprint density at radius 1 is 0.733 bits per heavy atom. The van der Waals surface area contributed by atoms with Crippen molar-refractivity contribution in [2.75, 3.05) is 6.61 Å². The number of ether oxygens (including phenoxy) is 1. The highest BCUT2D eigenvalue weighted by Gasteiger charge is 2.21. The molecule has 30 heavy (non-hydrogen) atoms. The Morgan fingerprint density at radius 3 is 1.97 bits per heavy atom. The van der Waals surface area contributed by atoms with Crippen LogP contribution in [-0.4, -0.2) is 6.61 Å². The average molecular weight is 403 g/mol. The smallest absolute Gasteiger partial charge is 0.119 e. The normalized spacial score (nSPS) is 18.5. The lowest BCUT2D eigenvalue weighted by atomic mass is 9.77. The summed E-state index contributed by atoms with van der Waals surface area (Å²) in [5.74, 6) is 9.21. The minimum absolute atomic E-state index is 0.745. The maximum absolute atomic E-state index is 5.63. The van der Waals surface area contributed by atoms with Crippen molar-refractivity contribution < 1.29 is 4.74 Å². The Morgan fingerprint density at radius 2 is 1.37 bits per heavy atom. The molecule has 1 saturated carbocycles. The summed E-state index contributed by atoms with van der Waals surface area (Å²) in [6, 6.07) is 17.1. The van der Waals surface area contributed by atoms with Gasteiger partial charge in [0.25, 0.3) is 0 Å². The van der Waals surface area contributed by atoms with Crippen molar-refractivity contribution >= 4 is 0 Å². The van der Waals surface area contributed by atoms with Crippen molar-refractivity contribution in [3.05, 3.63) is 65.2 Å². The Bertz CT molecular complexity index is 783. The monoisotopic (exact) mass is 402 g/mol. The van der Waals surface area contributed by atoms with E-state index >= 15 is 0 Å². The van der Waals surface area contributed by atoms with Crippen molar-refractivity contribution in [3.8, 4) is 17.6 Å². The van der Waals surface area contributed by atoms with Gasteiger partial charge in [-0.15, -0.1) is 0 Å². The van der Waals surface area contributed by atoms with E-state index in [1.165, 1.54) is 63.4 Å². The number of hydrogen-bond donors (Lipinski definition) is 0. The molecule has 0 N–H and O–H groups in total. The molecule has 0 amide bonds. The molecule has 0 bridgehead atoms. The summed E-state index contributed by atoms with van der Waals surface area (Å²) in [5.41, 5.74) is 3.62. The van der Waals surface area contributed by atoms with E-state index in [4.69, 9.17) is 4.74 Å². The molecule has 160 valence electrons. The SMILES string of the molecule is CCCCCCC1CCC(c2ccc(C#Cc3ccc(OCCC)cc3)cc2)CC1. The summed E-state index contributed by atoms with van der Waals surface area (Å²) in [6.07, 6.45) is 13.6. The first-order valence-electron chi connectivity index (χ1n) is 12.1. The van der Waals surface area contributed by atoms with E-state index in [0.29, 0.717) is 0 Å². The van der Waals surface area contributed by atoms with E-state index in [2.05, 4.69) is 50.0 Å². The fourth-order valence-corrected chi connectivity index (χ4v) is 4.48. The maximum Gasteiger partial charge on any atom is 0.119 e. The predicted octanol–water partition coefficient (Wildman–Crippen LogP) is 8.12. The van der Waals surface area contributed by atoms with E-state index in [-0.39, 0.29) is 0 Å². The van der Waals surface area contributed by atoms with Crippen LogP contribution in [0, 0.1) is 17.8 Å². The molecule has 0 unspecified atom stereocenters. The zero-order valence-corrected chi connectivity index (χ0v) is 19.0. The molecule has 0 aromatic heterocycles. The number of benzene rings is 2. The summed E-state index contributed by atoms with van der Waals surface area (Å²) in [4.78, 5) is 0. The first-order chi connectivity index (χ1) is 14.8. The summed E-state index contributed by atoms with van der Waals surface area (Å²) < 4.78 is 5.63. The number of rotatable bonds is 9. The van der Waals surface area contributed by atoms with Crippen LogP contribution < -0.4 is 4.74 Å². The van der Waals surface area contributed by atoms with Gasteiger partial charge >= 0.3 is 0 Å². The Kier molecular flexibility index (Phi) is 9.36. The van der Waals surface area contributed by atoms with E-state index in [0.717, 1.165) is 41.7 Å². The zero-order valence-electron chi connectivity index (χ0n) is 19.0. The van der Waals surface area contributed by atoms with Crippen molar-refractivity contribution in [1.82, 2.24) is 0 Å². The Hall–Kier alpha value is -2.20. The zero-order chi connectivity index (χ0) is 21.0. The lowest BCUT2D eigenvalue weighted by Gasteiger charge is -2.29. The molecule has 1 aliphatic carbocycles. The largest absolute Gasteiger partial charge is 0.494 e. The summed E-state index contributed by atoms with van der Waals surface area (Å²) in [7, 11) is 0. The third-order valence-corrected chi connectivity index (χ3v) is 6.37. The minimum atomic E-state index is 0.745. The first-order valence-corrected chi connectivity index (χ1v) is 12.1. The van der Waals surface area contributed by atoms with Gasteiger partial charge in [-0.3, -0.25) is 0 Å². The van der Waals surface area contributed by atoms with Gasteiger partial charge in [-0.05, 0) is 85.9 Å². The van der Waals surface area contributed by atoms with E-state index in [1.807, 2.05) is 24.3 Å². The lowest BCUT2D eigenvalue weighted by Crippen LogP contribution is -2.13. The van der Waals surface area contributed by atoms with Gasteiger partial charge in [0.1, 0.15) is 5.75 Å². The molecule has 1 fully saturated rings. The highest BCUT2D eigenvalue weighted by Crippen LogP contribution is 2.37. The molecule has 1 aliphatic rings. The first kappa shape index (κ1) is 22.5. The molecule has 0 spiro atoms. The van der Waals surface area contributed by atoms with E-state index < -0.39 is 0 Å². The van der Waals surface area contributed by atoms with Gasteiger partial charge in [0, 0.05) is 11.1 Å². The fraction of sp³-hybridized carbons (Fsp3) is 0.517. The van der Waals surface area contributed by atoms with Crippen LogP contribution >= 0.6 is 0 Å². The van der Waals surface area contributed by atoms with Gasteiger partial charge in [0.05, 0.1) is 6.61 Å². The van der Waals surface area contributed by atoms with Gasteiger partial charge in [0.2, 0.25) is 0 Å². The molecule has 0 saturated heterocycles. The maximum atomic E-state index is 5.63.